The number of hydrogen-bond acceptors (Lipinski definition) is 5. The first-order valence-corrected chi connectivity index (χ1v) is 10.3. The predicted octanol–water partition coefficient (Wildman–Crippen LogP) is 1.97. The Bertz CT molecular complexity index is 687. The van der Waals surface area contributed by atoms with Gasteiger partial charge in [-0.3, -0.25) is 14.4 Å². The van der Waals surface area contributed by atoms with Gasteiger partial charge in [0.2, 0.25) is 5.91 Å². The van der Waals surface area contributed by atoms with Crippen LogP contribution in [0.2, 0.25) is 0 Å². The third-order valence-electron chi connectivity index (χ3n) is 4.74. The quantitative estimate of drug-likeness (QED) is 0.802. The Hall–Kier alpha value is -2.22. The van der Waals surface area contributed by atoms with Crippen molar-refractivity contribution in [3.63, 3.8) is 0 Å². The molecule has 2 saturated heterocycles. The lowest BCUT2D eigenvalue weighted by Crippen LogP contribution is -2.48. The van der Waals surface area contributed by atoms with Crippen LogP contribution >= 0.6 is 11.8 Å². The summed E-state index contributed by atoms with van der Waals surface area (Å²) in [6.45, 7) is 4.48. The molecule has 0 spiro atoms. The van der Waals surface area contributed by atoms with E-state index in [1.54, 1.807) is 17.0 Å². The van der Waals surface area contributed by atoms with Crippen molar-refractivity contribution in [1.82, 2.24) is 15.1 Å². The molecule has 7 nitrogen and oxygen atoms in total. The van der Waals surface area contributed by atoms with E-state index in [1.165, 1.54) is 11.8 Å². The van der Waals surface area contributed by atoms with Gasteiger partial charge in [-0.2, -0.15) is 0 Å². The molecule has 2 aliphatic heterocycles. The van der Waals surface area contributed by atoms with Crippen molar-refractivity contribution in [2.24, 2.45) is 0 Å². The predicted molar refractivity (Wildman–Crippen MR) is 104 cm³/mol. The molecule has 2 aliphatic rings. The van der Waals surface area contributed by atoms with E-state index in [4.69, 9.17) is 4.74 Å². The number of hydrogen-bond donors (Lipinski definition) is 1. The van der Waals surface area contributed by atoms with E-state index in [-0.39, 0.29) is 29.6 Å². The molecule has 0 saturated carbocycles. The number of thioether (sulfide) groups is 1. The van der Waals surface area contributed by atoms with E-state index in [9.17, 15) is 14.4 Å². The smallest absolute Gasteiger partial charge is 0.282 e. The summed E-state index contributed by atoms with van der Waals surface area (Å²) >= 11 is 1.25. The molecule has 0 aromatic heterocycles. The summed E-state index contributed by atoms with van der Waals surface area (Å²) in [5.41, 5.74) is 0.644. The fraction of sp³-hybridized carbons (Fsp3) is 0.526. The molecule has 27 heavy (non-hydrogen) atoms. The van der Waals surface area contributed by atoms with Gasteiger partial charge < -0.3 is 19.9 Å². The number of nitrogens with zero attached hydrogens (tertiary/aromatic N) is 2. The monoisotopic (exact) mass is 391 g/mol. The van der Waals surface area contributed by atoms with E-state index in [2.05, 4.69) is 5.32 Å². The Kier molecular flexibility index (Phi) is 6.60. The Labute approximate surface area is 163 Å². The SMILES string of the molecule is CCOc1ccc(C(=O)N2CCC(NC(=O)CN3CCSC3=O)CC2)cc1. The number of benzene rings is 1. The maximum Gasteiger partial charge on any atom is 0.282 e. The molecular weight excluding hydrogens is 366 g/mol. The molecule has 0 atom stereocenters. The molecule has 8 heteroatoms. The minimum atomic E-state index is -0.123. The second-order valence-corrected chi connectivity index (χ2v) is 7.67. The second-order valence-electron chi connectivity index (χ2n) is 6.63. The molecule has 3 rings (SSSR count). The second kappa shape index (κ2) is 9.12. The zero-order valence-electron chi connectivity index (χ0n) is 15.5. The molecule has 0 unspecified atom stereocenters. The molecule has 1 aromatic rings. The zero-order valence-corrected chi connectivity index (χ0v) is 16.3. The molecule has 0 radical (unpaired) electrons. The number of ether oxygens (including phenoxy) is 1. The average Bonchev–Trinajstić information content (AvgIpc) is 3.07. The van der Waals surface area contributed by atoms with Crippen molar-refractivity contribution in [1.29, 1.82) is 0 Å². The van der Waals surface area contributed by atoms with Crippen LogP contribution in [0.4, 0.5) is 4.79 Å². The van der Waals surface area contributed by atoms with Gasteiger partial charge in [0.1, 0.15) is 12.3 Å². The van der Waals surface area contributed by atoms with Crippen LogP contribution in [0.25, 0.3) is 0 Å². The van der Waals surface area contributed by atoms with E-state index >= 15 is 0 Å². The number of amides is 3. The standard InChI is InChI=1S/C19H25N3O4S/c1-2-26-16-5-3-14(4-6-16)18(24)21-9-7-15(8-10-21)20-17(23)13-22-11-12-27-19(22)25/h3-6,15H,2,7-13H2,1H3,(H,20,23). The van der Waals surface area contributed by atoms with Crippen LogP contribution in [-0.2, 0) is 4.79 Å². The molecule has 0 bridgehead atoms. The van der Waals surface area contributed by atoms with Crippen LogP contribution in [0.15, 0.2) is 24.3 Å². The van der Waals surface area contributed by atoms with Crippen LogP contribution < -0.4 is 10.1 Å². The molecule has 0 aliphatic carbocycles. The summed E-state index contributed by atoms with van der Waals surface area (Å²) in [6.07, 6.45) is 1.44. The highest BCUT2D eigenvalue weighted by Crippen LogP contribution is 2.18. The third-order valence-corrected chi connectivity index (χ3v) is 5.63. The van der Waals surface area contributed by atoms with Crippen LogP contribution in [0.5, 0.6) is 5.75 Å². The van der Waals surface area contributed by atoms with Gasteiger partial charge in [-0.15, -0.1) is 0 Å². The molecule has 2 fully saturated rings. The average molecular weight is 391 g/mol. The molecule has 2 heterocycles. The lowest BCUT2D eigenvalue weighted by molar-refractivity contribution is -0.122. The van der Waals surface area contributed by atoms with E-state index in [1.807, 2.05) is 24.0 Å². The molecule has 1 aromatic carbocycles. The van der Waals surface area contributed by atoms with Crippen LogP contribution in [0.1, 0.15) is 30.1 Å². The van der Waals surface area contributed by atoms with Gasteiger partial charge in [0.25, 0.3) is 11.1 Å². The van der Waals surface area contributed by atoms with Crippen molar-refractivity contribution in [3.8, 4) is 5.75 Å². The fourth-order valence-electron chi connectivity index (χ4n) is 3.29. The fourth-order valence-corrected chi connectivity index (χ4v) is 4.11. The van der Waals surface area contributed by atoms with Crippen LogP contribution in [0.3, 0.4) is 0 Å². The Morgan fingerprint density at radius 3 is 2.48 bits per heavy atom. The third kappa shape index (κ3) is 5.15. The first kappa shape index (κ1) is 19.5. The molecule has 146 valence electrons. The maximum atomic E-state index is 12.6. The highest BCUT2D eigenvalue weighted by Gasteiger charge is 2.27. The Balaban J connectivity index is 1.44. The number of carbonyl (C=O) groups excluding carboxylic acids is 3. The summed E-state index contributed by atoms with van der Waals surface area (Å²) in [5, 5.41) is 2.96. The first-order valence-electron chi connectivity index (χ1n) is 9.30. The summed E-state index contributed by atoms with van der Waals surface area (Å²) in [7, 11) is 0. The molecule has 3 amide bonds. The summed E-state index contributed by atoms with van der Waals surface area (Å²) in [5.74, 6) is 1.38. The highest BCUT2D eigenvalue weighted by atomic mass is 32.2. The number of rotatable bonds is 6. The molecule has 1 N–H and O–H groups in total. The van der Waals surface area contributed by atoms with Gasteiger partial charge in [-0.05, 0) is 44.0 Å². The number of carbonyl (C=O) groups is 3. The van der Waals surface area contributed by atoms with Gasteiger partial charge in [0.05, 0.1) is 6.61 Å². The van der Waals surface area contributed by atoms with Gasteiger partial charge in [-0.25, -0.2) is 0 Å². The van der Waals surface area contributed by atoms with Crippen molar-refractivity contribution < 1.29 is 19.1 Å². The summed E-state index contributed by atoms with van der Waals surface area (Å²) in [6, 6.07) is 7.23. The van der Waals surface area contributed by atoms with Crippen LogP contribution in [0, 0.1) is 0 Å². The topological polar surface area (TPSA) is 79.0 Å². The minimum Gasteiger partial charge on any atom is -0.494 e. The zero-order chi connectivity index (χ0) is 19.2. The van der Waals surface area contributed by atoms with Gasteiger partial charge in [-0.1, -0.05) is 11.8 Å². The van der Waals surface area contributed by atoms with Crippen molar-refractivity contribution in [2.45, 2.75) is 25.8 Å². The van der Waals surface area contributed by atoms with Gasteiger partial charge in [0.15, 0.2) is 0 Å². The summed E-state index contributed by atoms with van der Waals surface area (Å²) < 4.78 is 5.40. The lowest BCUT2D eigenvalue weighted by Gasteiger charge is -2.32. The largest absolute Gasteiger partial charge is 0.494 e. The maximum absolute atomic E-state index is 12.6. The van der Waals surface area contributed by atoms with E-state index in [0.717, 1.165) is 24.3 Å². The number of likely N-dealkylation sites (tertiary alicyclic amines) is 1. The van der Waals surface area contributed by atoms with Crippen molar-refractivity contribution >= 4 is 28.8 Å². The van der Waals surface area contributed by atoms with Gasteiger partial charge in [0, 0.05) is 37.0 Å². The Morgan fingerprint density at radius 2 is 1.89 bits per heavy atom. The number of nitrogens with one attached hydrogen (secondary N) is 1. The van der Waals surface area contributed by atoms with Crippen molar-refractivity contribution in [3.05, 3.63) is 29.8 Å². The normalized spacial score (nSPS) is 17.9. The number of piperidine rings is 1. The van der Waals surface area contributed by atoms with Crippen LogP contribution in [-0.4, -0.2) is 71.4 Å². The lowest BCUT2D eigenvalue weighted by atomic mass is 10.0. The Morgan fingerprint density at radius 1 is 1.19 bits per heavy atom. The first-order chi connectivity index (χ1) is 13.1. The van der Waals surface area contributed by atoms with E-state index in [0.29, 0.717) is 31.8 Å². The minimum absolute atomic E-state index is 0.00233. The van der Waals surface area contributed by atoms with Crippen molar-refractivity contribution in [2.75, 3.05) is 38.5 Å². The summed E-state index contributed by atoms with van der Waals surface area (Å²) in [4.78, 5) is 39.7. The van der Waals surface area contributed by atoms with Gasteiger partial charge >= 0.3 is 0 Å². The van der Waals surface area contributed by atoms with E-state index < -0.39 is 0 Å². The molecular formula is C19H25N3O4S. The highest BCUT2D eigenvalue weighted by molar-refractivity contribution is 8.13.